The quantitative estimate of drug-likeness (QED) is 0.651. The summed E-state index contributed by atoms with van der Waals surface area (Å²) in [7, 11) is 3.96. The molecule has 0 aromatic carbocycles. The lowest BCUT2D eigenvalue weighted by molar-refractivity contribution is 0.476. The van der Waals surface area contributed by atoms with Crippen LogP contribution in [0.5, 0.6) is 0 Å². The summed E-state index contributed by atoms with van der Waals surface area (Å²) < 4.78 is 1.77. The Morgan fingerprint density at radius 1 is 1.22 bits per heavy atom. The van der Waals surface area contributed by atoms with E-state index < -0.39 is 0 Å². The second-order valence-corrected chi connectivity index (χ2v) is 5.13. The van der Waals surface area contributed by atoms with Gasteiger partial charge in [-0.2, -0.15) is 0 Å². The van der Waals surface area contributed by atoms with E-state index in [2.05, 4.69) is 22.6 Å². The maximum absolute atomic E-state index is 4.15. The zero-order chi connectivity index (χ0) is 13.2. The van der Waals surface area contributed by atoms with Crippen molar-refractivity contribution >= 4 is 0 Å². The molecular formula is C14H28N4. The Kier molecular flexibility index (Phi) is 7.65. The third-order valence-corrected chi connectivity index (χ3v) is 3.42. The van der Waals surface area contributed by atoms with Crippen LogP contribution in [-0.2, 0) is 13.5 Å². The van der Waals surface area contributed by atoms with Gasteiger partial charge in [-0.05, 0) is 13.5 Å². The monoisotopic (exact) mass is 252 g/mol. The predicted octanol–water partition coefficient (Wildman–Crippen LogP) is 2.70. The molecule has 0 fully saturated rings. The summed E-state index contributed by atoms with van der Waals surface area (Å²) in [5.41, 5.74) is 1.09. The summed E-state index contributed by atoms with van der Waals surface area (Å²) in [6.45, 7) is 2.26. The van der Waals surface area contributed by atoms with Crippen molar-refractivity contribution in [3.05, 3.63) is 11.9 Å². The molecule has 0 saturated heterocycles. The van der Waals surface area contributed by atoms with Crippen LogP contribution in [0.4, 0.5) is 0 Å². The molecule has 0 spiro atoms. The minimum absolute atomic E-state index is 0.535. The van der Waals surface area contributed by atoms with Crippen molar-refractivity contribution in [1.82, 2.24) is 20.3 Å². The smallest absolute Gasteiger partial charge is 0.0842 e. The molecule has 1 heterocycles. The molecule has 0 aliphatic carbocycles. The Morgan fingerprint density at radius 2 is 1.94 bits per heavy atom. The lowest BCUT2D eigenvalue weighted by Gasteiger charge is -2.14. The lowest BCUT2D eigenvalue weighted by Crippen LogP contribution is -2.27. The van der Waals surface area contributed by atoms with Gasteiger partial charge in [0, 0.05) is 25.7 Å². The molecule has 1 unspecified atom stereocenters. The number of hydrogen-bond donors (Lipinski definition) is 1. The van der Waals surface area contributed by atoms with Gasteiger partial charge in [0.15, 0.2) is 0 Å². The Bertz CT molecular complexity index is 308. The van der Waals surface area contributed by atoms with Crippen molar-refractivity contribution in [1.29, 1.82) is 0 Å². The number of unbranched alkanes of at least 4 members (excludes halogenated alkanes) is 5. The SMILES string of the molecule is CCCCCCCCC(Cc1cn(C)nn1)NC. The number of nitrogens with zero attached hydrogens (tertiary/aromatic N) is 3. The van der Waals surface area contributed by atoms with Gasteiger partial charge in [-0.3, -0.25) is 4.68 Å². The van der Waals surface area contributed by atoms with Crippen molar-refractivity contribution < 1.29 is 0 Å². The summed E-state index contributed by atoms with van der Waals surface area (Å²) in [5.74, 6) is 0. The zero-order valence-corrected chi connectivity index (χ0v) is 12.2. The molecule has 0 aliphatic heterocycles. The molecule has 1 N–H and O–H groups in total. The second kappa shape index (κ2) is 9.09. The summed E-state index contributed by atoms with van der Waals surface area (Å²) in [4.78, 5) is 0. The van der Waals surface area contributed by atoms with Crippen molar-refractivity contribution in [3.63, 3.8) is 0 Å². The lowest BCUT2D eigenvalue weighted by atomic mass is 10.0. The first-order valence-electron chi connectivity index (χ1n) is 7.28. The maximum Gasteiger partial charge on any atom is 0.0842 e. The third-order valence-electron chi connectivity index (χ3n) is 3.42. The van der Waals surface area contributed by atoms with Crippen LogP contribution in [-0.4, -0.2) is 28.1 Å². The van der Waals surface area contributed by atoms with Crippen molar-refractivity contribution in [2.75, 3.05) is 7.05 Å². The number of hydrogen-bond acceptors (Lipinski definition) is 3. The first kappa shape index (κ1) is 15.2. The molecule has 0 bridgehead atoms. The molecule has 0 aliphatic rings. The van der Waals surface area contributed by atoms with Gasteiger partial charge < -0.3 is 5.32 Å². The van der Waals surface area contributed by atoms with Crippen LogP contribution >= 0.6 is 0 Å². The van der Waals surface area contributed by atoms with Crippen molar-refractivity contribution in [2.45, 2.75) is 64.3 Å². The van der Waals surface area contributed by atoms with Crippen molar-refractivity contribution in [3.8, 4) is 0 Å². The van der Waals surface area contributed by atoms with Crippen LogP contribution in [0.1, 0.15) is 57.6 Å². The molecule has 4 nitrogen and oxygen atoms in total. The van der Waals surface area contributed by atoms with E-state index in [4.69, 9.17) is 0 Å². The van der Waals surface area contributed by atoms with Gasteiger partial charge >= 0.3 is 0 Å². The predicted molar refractivity (Wildman–Crippen MR) is 75.5 cm³/mol. The highest BCUT2D eigenvalue weighted by atomic mass is 15.4. The highest BCUT2D eigenvalue weighted by molar-refractivity contribution is 4.95. The van der Waals surface area contributed by atoms with E-state index in [1.165, 1.54) is 44.9 Å². The van der Waals surface area contributed by atoms with Crippen LogP contribution in [0.15, 0.2) is 6.20 Å². The number of likely N-dealkylation sites (N-methyl/N-ethyl adjacent to an activating group) is 1. The van der Waals surface area contributed by atoms with Gasteiger partial charge in [-0.25, -0.2) is 0 Å². The average molecular weight is 252 g/mol. The molecule has 0 amide bonds. The molecule has 0 saturated carbocycles. The molecular weight excluding hydrogens is 224 g/mol. The molecule has 1 rings (SSSR count). The number of rotatable bonds is 10. The summed E-state index contributed by atoms with van der Waals surface area (Å²) in [5, 5.41) is 11.5. The van der Waals surface area contributed by atoms with E-state index in [1.807, 2.05) is 20.3 Å². The van der Waals surface area contributed by atoms with Crippen LogP contribution in [0.3, 0.4) is 0 Å². The Morgan fingerprint density at radius 3 is 2.56 bits per heavy atom. The van der Waals surface area contributed by atoms with E-state index in [-0.39, 0.29) is 0 Å². The summed E-state index contributed by atoms with van der Waals surface area (Å²) in [6.07, 6.45) is 12.4. The van der Waals surface area contributed by atoms with E-state index in [1.54, 1.807) is 4.68 Å². The summed E-state index contributed by atoms with van der Waals surface area (Å²) >= 11 is 0. The normalized spacial score (nSPS) is 12.8. The van der Waals surface area contributed by atoms with Gasteiger partial charge in [0.2, 0.25) is 0 Å². The fourth-order valence-electron chi connectivity index (χ4n) is 2.26. The largest absolute Gasteiger partial charge is 0.317 e. The van der Waals surface area contributed by atoms with Crippen molar-refractivity contribution in [2.24, 2.45) is 7.05 Å². The third kappa shape index (κ3) is 6.15. The molecule has 0 radical (unpaired) electrons. The number of aromatic nitrogens is 3. The van der Waals surface area contributed by atoms with Crippen LogP contribution in [0, 0.1) is 0 Å². The first-order valence-corrected chi connectivity index (χ1v) is 7.28. The Labute approximate surface area is 111 Å². The van der Waals surface area contributed by atoms with Crippen LogP contribution in [0.2, 0.25) is 0 Å². The minimum Gasteiger partial charge on any atom is -0.317 e. The average Bonchev–Trinajstić information content (AvgIpc) is 2.77. The standard InChI is InChI=1S/C14H28N4/c1-4-5-6-7-8-9-10-13(15-2)11-14-12-18(3)17-16-14/h12-13,15H,4-11H2,1-3H3. The van der Waals surface area contributed by atoms with E-state index in [0.717, 1.165) is 12.1 Å². The van der Waals surface area contributed by atoms with Crippen LogP contribution < -0.4 is 5.32 Å². The highest BCUT2D eigenvalue weighted by Gasteiger charge is 2.09. The first-order chi connectivity index (χ1) is 8.76. The topological polar surface area (TPSA) is 42.7 Å². The highest BCUT2D eigenvalue weighted by Crippen LogP contribution is 2.10. The number of aryl methyl sites for hydroxylation is 1. The van der Waals surface area contributed by atoms with E-state index in [9.17, 15) is 0 Å². The van der Waals surface area contributed by atoms with Gasteiger partial charge in [0.1, 0.15) is 0 Å². The minimum atomic E-state index is 0.535. The molecule has 4 heteroatoms. The second-order valence-electron chi connectivity index (χ2n) is 5.13. The fraction of sp³-hybridized carbons (Fsp3) is 0.857. The fourth-order valence-corrected chi connectivity index (χ4v) is 2.26. The van der Waals surface area contributed by atoms with Gasteiger partial charge in [-0.15, -0.1) is 5.10 Å². The molecule has 1 atom stereocenters. The van der Waals surface area contributed by atoms with E-state index in [0.29, 0.717) is 6.04 Å². The molecule has 18 heavy (non-hydrogen) atoms. The van der Waals surface area contributed by atoms with E-state index >= 15 is 0 Å². The molecule has 104 valence electrons. The van der Waals surface area contributed by atoms with Gasteiger partial charge in [0.25, 0.3) is 0 Å². The number of nitrogens with one attached hydrogen (secondary N) is 1. The Hall–Kier alpha value is -0.900. The zero-order valence-electron chi connectivity index (χ0n) is 12.2. The summed E-state index contributed by atoms with van der Waals surface area (Å²) in [6, 6.07) is 0.535. The Balaban J connectivity index is 2.13. The maximum atomic E-state index is 4.15. The van der Waals surface area contributed by atoms with Crippen LogP contribution in [0.25, 0.3) is 0 Å². The molecule has 1 aromatic heterocycles. The van der Waals surface area contributed by atoms with Gasteiger partial charge in [-0.1, -0.05) is 50.7 Å². The molecule has 1 aromatic rings. The van der Waals surface area contributed by atoms with Gasteiger partial charge in [0.05, 0.1) is 5.69 Å².